The zero-order valence-electron chi connectivity index (χ0n) is 18.4. The molecule has 3 fully saturated rings. The minimum Gasteiger partial charge on any atom is -0.465 e. The first kappa shape index (κ1) is 23.4. The van der Waals surface area contributed by atoms with Gasteiger partial charge in [0.1, 0.15) is 18.4 Å². The Hall–Kier alpha value is -1.29. The van der Waals surface area contributed by atoms with E-state index in [-0.39, 0.29) is 30.1 Å². The fourth-order valence-corrected chi connectivity index (χ4v) is 5.17. The summed E-state index contributed by atoms with van der Waals surface area (Å²) in [6.45, 7) is 10.5. The highest BCUT2D eigenvalue weighted by Gasteiger charge is 2.54. The van der Waals surface area contributed by atoms with E-state index in [1.165, 1.54) is 4.90 Å². The molecule has 3 heterocycles. The molecule has 30 heavy (non-hydrogen) atoms. The third-order valence-corrected chi connectivity index (χ3v) is 6.87. The Morgan fingerprint density at radius 1 is 1.23 bits per heavy atom. The van der Waals surface area contributed by atoms with E-state index in [1.54, 1.807) is 25.6 Å². The van der Waals surface area contributed by atoms with Gasteiger partial charge in [-0.2, -0.15) is 0 Å². The number of carboxylic acid groups (broad SMARTS) is 1. The van der Waals surface area contributed by atoms with E-state index in [9.17, 15) is 14.7 Å². The predicted molar refractivity (Wildman–Crippen MR) is 112 cm³/mol. The van der Waals surface area contributed by atoms with Gasteiger partial charge in [-0.05, 0) is 40.5 Å². The Bertz CT molecular complexity index is 695. The molecule has 3 aliphatic heterocycles. The maximum atomic E-state index is 12.1. The molecule has 0 radical (unpaired) electrons. The third kappa shape index (κ3) is 5.30. The summed E-state index contributed by atoms with van der Waals surface area (Å²) in [5, 5.41) is 9.50. The maximum absolute atomic E-state index is 12.1. The number of rotatable bonds is 6. The molecular formula is C21H33NO7S. The monoisotopic (exact) mass is 443 g/mol. The van der Waals surface area contributed by atoms with Crippen LogP contribution in [0.15, 0.2) is 11.0 Å². The van der Waals surface area contributed by atoms with Gasteiger partial charge in [-0.3, -0.25) is 9.69 Å². The number of nitrogens with zero attached hydrogens (tertiary/aromatic N) is 1. The van der Waals surface area contributed by atoms with Gasteiger partial charge in [-0.1, -0.05) is 13.0 Å². The Morgan fingerprint density at radius 3 is 2.53 bits per heavy atom. The Balaban J connectivity index is 1.40. The van der Waals surface area contributed by atoms with Gasteiger partial charge in [-0.25, -0.2) is 4.79 Å². The number of fused-ring (bicyclic) bond motifs is 1. The number of allylic oxidation sites excluding steroid dienone is 1. The molecule has 1 amide bonds. The van der Waals surface area contributed by atoms with E-state index in [4.69, 9.17) is 18.9 Å². The summed E-state index contributed by atoms with van der Waals surface area (Å²) in [6.07, 6.45) is 2.61. The van der Waals surface area contributed by atoms with E-state index in [2.05, 4.69) is 6.08 Å². The molecule has 3 saturated heterocycles. The number of carbonyl (C=O) groups is 2. The number of unbranched alkanes of at least 4 members (excludes halogenated alkanes) is 1. The van der Waals surface area contributed by atoms with Crippen LogP contribution in [0.2, 0.25) is 0 Å². The van der Waals surface area contributed by atoms with Crippen molar-refractivity contribution in [2.45, 2.75) is 77.5 Å². The fourth-order valence-electron chi connectivity index (χ4n) is 3.88. The van der Waals surface area contributed by atoms with Crippen LogP contribution in [0, 0.1) is 5.41 Å². The van der Waals surface area contributed by atoms with Crippen molar-refractivity contribution in [3.05, 3.63) is 11.0 Å². The van der Waals surface area contributed by atoms with Gasteiger partial charge >= 0.3 is 12.1 Å². The van der Waals surface area contributed by atoms with E-state index in [1.807, 2.05) is 20.8 Å². The zero-order chi connectivity index (χ0) is 22.2. The second kappa shape index (κ2) is 8.68. The van der Waals surface area contributed by atoms with Gasteiger partial charge < -0.3 is 24.1 Å². The first-order chi connectivity index (χ1) is 13.9. The van der Waals surface area contributed by atoms with Crippen LogP contribution in [0.4, 0.5) is 4.79 Å². The number of amides is 1. The molecule has 8 nitrogen and oxygen atoms in total. The molecular weight excluding hydrogens is 410 g/mol. The largest absolute Gasteiger partial charge is 0.465 e. The Kier molecular flexibility index (Phi) is 6.77. The molecule has 3 aliphatic rings. The molecule has 0 aromatic heterocycles. The summed E-state index contributed by atoms with van der Waals surface area (Å²) in [5.74, 6) is -0.131. The van der Waals surface area contributed by atoms with E-state index < -0.39 is 17.6 Å². The van der Waals surface area contributed by atoms with Gasteiger partial charge in [0, 0.05) is 22.5 Å². The lowest BCUT2D eigenvalue weighted by Gasteiger charge is -2.40. The van der Waals surface area contributed by atoms with Crippen LogP contribution >= 0.6 is 11.8 Å². The molecule has 0 bridgehead atoms. The Morgan fingerprint density at radius 2 is 1.90 bits per heavy atom. The van der Waals surface area contributed by atoms with Crippen molar-refractivity contribution in [1.29, 1.82) is 0 Å². The lowest BCUT2D eigenvalue weighted by molar-refractivity contribution is -0.287. The summed E-state index contributed by atoms with van der Waals surface area (Å²) in [5.41, 5.74) is -1.16. The van der Waals surface area contributed by atoms with E-state index in [0.29, 0.717) is 31.8 Å². The third-order valence-electron chi connectivity index (χ3n) is 5.63. The molecule has 0 aromatic carbocycles. The molecule has 0 unspecified atom stereocenters. The highest BCUT2D eigenvalue weighted by atomic mass is 32.2. The number of hydrogen-bond acceptors (Lipinski definition) is 7. The average molecular weight is 444 g/mol. The van der Waals surface area contributed by atoms with Crippen molar-refractivity contribution in [2.75, 3.05) is 25.6 Å². The van der Waals surface area contributed by atoms with Crippen molar-refractivity contribution in [3.63, 3.8) is 0 Å². The molecule has 0 aliphatic carbocycles. The van der Waals surface area contributed by atoms with Crippen LogP contribution < -0.4 is 0 Å². The van der Waals surface area contributed by atoms with Crippen molar-refractivity contribution in [1.82, 2.24) is 4.90 Å². The molecule has 1 N–H and O–H groups in total. The van der Waals surface area contributed by atoms with Crippen LogP contribution in [-0.4, -0.2) is 71.3 Å². The van der Waals surface area contributed by atoms with Crippen LogP contribution in [0.25, 0.3) is 0 Å². The average Bonchev–Trinajstić information content (AvgIpc) is 3.14. The molecule has 2 atom stereocenters. The van der Waals surface area contributed by atoms with Crippen LogP contribution in [0.5, 0.6) is 0 Å². The van der Waals surface area contributed by atoms with Crippen molar-refractivity contribution in [2.24, 2.45) is 5.41 Å². The zero-order valence-corrected chi connectivity index (χ0v) is 19.3. The highest BCUT2D eigenvalue weighted by Crippen LogP contribution is 2.45. The summed E-state index contributed by atoms with van der Waals surface area (Å²) >= 11 is 1.63. The van der Waals surface area contributed by atoms with Gasteiger partial charge in [-0.15, -0.1) is 11.8 Å². The molecule has 3 rings (SSSR count). The number of thioether (sulfide) groups is 1. The van der Waals surface area contributed by atoms with Crippen molar-refractivity contribution in [3.8, 4) is 0 Å². The van der Waals surface area contributed by atoms with Gasteiger partial charge in [0.2, 0.25) is 0 Å². The minimum absolute atomic E-state index is 0.163. The van der Waals surface area contributed by atoms with E-state index in [0.717, 1.165) is 11.3 Å². The lowest BCUT2D eigenvalue weighted by Crippen LogP contribution is -2.47. The predicted octanol–water partition coefficient (Wildman–Crippen LogP) is 3.60. The van der Waals surface area contributed by atoms with Crippen LogP contribution in [-0.2, 0) is 23.7 Å². The Labute approximate surface area is 182 Å². The molecule has 0 aromatic rings. The summed E-state index contributed by atoms with van der Waals surface area (Å²) in [4.78, 5) is 26.2. The highest BCUT2D eigenvalue weighted by molar-refractivity contribution is 8.03. The smallest absolute Gasteiger partial charge is 0.409 e. The van der Waals surface area contributed by atoms with Crippen LogP contribution in [0.3, 0.4) is 0 Å². The number of carbonyl (C=O) groups excluding carboxylic acids is 1. The SMILES string of the molecule is CC1(COC(=O)CCCC=C2SC[C@H]3[C@@H]2OC(C)(C)N3C(=O)O)COC(C)(C)OC1. The van der Waals surface area contributed by atoms with Crippen LogP contribution in [0.1, 0.15) is 53.9 Å². The summed E-state index contributed by atoms with van der Waals surface area (Å²) < 4.78 is 22.8. The minimum atomic E-state index is -0.955. The van der Waals surface area contributed by atoms with Gasteiger partial charge in [0.25, 0.3) is 0 Å². The molecule has 9 heteroatoms. The number of esters is 1. The second-order valence-corrected chi connectivity index (χ2v) is 10.6. The number of hydrogen-bond donors (Lipinski definition) is 1. The second-order valence-electron chi connectivity index (χ2n) is 9.46. The van der Waals surface area contributed by atoms with Gasteiger partial charge in [0.15, 0.2) is 5.79 Å². The molecule has 170 valence electrons. The van der Waals surface area contributed by atoms with Crippen molar-refractivity contribution >= 4 is 23.8 Å². The number of ether oxygens (including phenoxy) is 4. The van der Waals surface area contributed by atoms with E-state index >= 15 is 0 Å². The lowest BCUT2D eigenvalue weighted by atomic mass is 9.93. The first-order valence-electron chi connectivity index (χ1n) is 10.4. The summed E-state index contributed by atoms with van der Waals surface area (Å²) in [6, 6.07) is -0.163. The molecule has 0 saturated carbocycles. The first-order valence-corrected chi connectivity index (χ1v) is 11.4. The normalized spacial score (nSPS) is 30.3. The summed E-state index contributed by atoms with van der Waals surface area (Å²) in [7, 11) is 0. The topological polar surface area (TPSA) is 94.5 Å². The standard InChI is InChI=1S/C21H33NO7S/c1-19(2)22(18(24)25)14-10-30-15(17(14)29-19)8-6-7-9-16(23)26-11-21(5)12-27-20(3,4)28-13-21/h8,14,17H,6-7,9-13H2,1-5H3,(H,24,25)/t14-,17-/m0/s1. The fraction of sp³-hybridized carbons (Fsp3) is 0.810. The maximum Gasteiger partial charge on any atom is 0.409 e. The van der Waals surface area contributed by atoms with Crippen molar-refractivity contribution < 1.29 is 33.6 Å². The quantitative estimate of drug-likeness (QED) is 0.491. The van der Waals surface area contributed by atoms with Gasteiger partial charge in [0.05, 0.1) is 19.3 Å². The molecule has 0 spiro atoms.